The van der Waals surface area contributed by atoms with Crippen LogP contribution < -0.4 is 19.7 Å². The van der Waals surface area contributed by atoms with Gasteiger partial charge in [-0.2, -0.15) is 0 Å². The van der Waals surface area contributed by atoms with Gasteiger partial charge in [-0.25, -0.2) is 4.98 Å². The molecule has 3 aromatic rings. The zero-order chi connectivity index (χ0) is 21.6. The molecule has 162 valence electrons. The average Bonchev–Trinajstić information content (AvgIpc) is 2.83. The summed E-state index contributed by atoms with van der Waals surface area (Å²) in [6.07, 6.45) is 4.39. The topological polar surface area (TPSA) is 76.6 Å². The van der Waals surface area contributed by atoms with Gasteiger partial charge in [-0.15, -0.1) is 0 Å². The molecule has 1 amide bonds. The van der Waals surface area contributed by atoms with Gasteiger partial charge in [-0.05, 0) is 49.1 Å². The molecule has 7 nitrogen and oxygen atoms in total. The fraction of sp³-hybridized carbons (Fsp3) is 0.375. The third kappa shape index (κ3) is 4.87. The summed E-state index contributed by atoms with van der Waals surface area (Å²) in [7, 11) is 3.24. The van der Waals surface area contributed by atoms with Gasteiger partial charge >= 0.3 is 0 Å². The highest BCUT2D eigenvalue weighted by molar-refractivity contribution is 5.80. The molecule has 0 bridgehead atoms. The molecule has 1 aliphatic rings. The van der Waals surface area contributed by atoms with E-state index in [0.29, 0.717) is 24.6 Å². The van der Waals surface area contributed by atoms with Crippen molar-refractivity contribution >= 4 is 22.8 Å². The van der Waals surface area contributed by atoms with E-state index in [1.165, 1.54) is 0 Å². The molecular weight excluding hydrogens is 392 g/mol. The third-order valence-electron chi connectivity index (χ3n) is 5.71. The number of fused-ring (bicyclic) bond motifs is 1. The molecule has 31 heavy (non-hydrogen) atoms. The summed E-state index contributed by atoms with van der Waals surface area (Å²) in [6.45, 7) is 2.14. The van der Waals surface area contributed by atoms with Gasteiger partial charge < -0.3 is 19.7 Å². The molecule has 2 aromatic carbocycles. The number of aromatic nitrogens is 2. The highest BCUT2D eigenvalue weighted by atomic mass is 16.5. The number of anilines is 1. The number of hydrogen-bond acceptors (Lipinski definition) is 6. The maximum Gasteiger partial charge on any atom is 0.224 e. The van der Waals surface area contributed by atoms with Crippen LogP contribution in [0.15, 0.2) is 48.7 Å². The minimum absolute atomic E-state index is 0.0487. The van der Waals surface area contributed by atoms with Gasteiger partial charge in [-0.1, -0.05) is 18.2 Å². The van der Waals surface area contributed by atoms with Crippen molar-refractivity contribution in [2.24, 2.45) is 5.92 Å². The number of nitrogens with zero attached hydrogens (tertiary/aromatic N) is 3. The smallest absolute Gasteiger partial charge is 0.224 e. The number of amides is 1. The number of carbonyl (C=O) groups is 1. The number of methoxy groups -OCH3 is 2. The van der Waals surface area contributed by atoms with Crippen molar-refractivity contribution in [3.05, 3.63) is 54.2 Å². The van der Waals surface area contributed by atoms with E-state index in [4.69, 9.17) is 14.5 Å². The summed E-state index contributed by atoms with van der Waals surface area (Å²) in [5, 5.41) is 3.09. The summed E-state index contributed by atoms with van der Waals surface area (Å²) in [5.74, 6) is 2.29. The first-order chi connectivity index (χ1) is 15.2. The van der Waals surface area contributed by atoms with Gasteiger partial charge in [0.05, 0.1) is 37.4 Å². The van der Waals surface area contributed by atoms with Crippen molar-refractivity contribution in [2.75, 3.05) is 38.8 Å². The summed E-state index contributed by atoms with van der Waals surface area (Å²) in [5.41, 5.74) is 2.85. The van der Waals surface area contributed by atoms with Crippen molar-refractivity contribution in [2.45, 2.75) is 19.3 Å². The standard InChI is InChI=1S/C24H28N4O3/c1-30-21-10-9-17(14-22(21)31-2)11-12-25-24(29)18-6-5-13-28(16-18)23-15-26-19-7-3-4-8-20(19)27-23/h3-4,7-10,14-15,18H,5-6,11-13,16H2,1-2H3,(H,25,29)/t18-/m1/s1. The van der Waals surface area contributed by atoms with Crippen LogP contribution in [0.25, 0.3) is 11.0 Å². The fourth-order valence-electron chi connectivity index (χ4n) is 4.01. The lowest BCUT2D eigenvalue weighted by atomic mass is 9.97. The monoisotopic (exact) mass is 420 g/mol. The van der Waals surface area contributed by atoms with Crippen molar-refractivity contribution in [1.29, 1.82) is 0 Å². The first kappa shape index (κ1) is 20.9. The van der Waals surface area contributed by atoms with Crippen molar-refractivity contribution in [3.63, 3.8) is 0 Å². The van der Waals surface area contributed by atoms with Crippen LogP contribution in [0.2, 0.25) is 0 Å². The van der Waals surface area contributed by atoms with Gasteiger partial charge in [0.2, 0.25) is 5.91 Å². The van der Waals surface area contributed by atoms with E-state index in [0.717, 1.165) is 48.2 Å². The Morgan fingerprint density at radius 1 is 1.13 bits per heavy atom. The molecule has 1 N–H and O–H groups in total. The molecule has 0 spiro atoms. The Balaban J connectivity index is 1.33. The lowest BCUT2D eigenvalue weighted by molar-refractivity contribution is -0.125. The Morgan fingerprint density at radius 2 is 1.94 bits per heavy atom. The minimum Gasteiger partial charge on any atom is -0.493 e. The average molecular weight is 421 g/mol. The van der Waals surface area contributed by atoms with E-state index in [2.05, 4.69) is 15.2 Å². The van der Waals surface area contributed by atoms with Crippen molar-refractivity contribution in [1.82, 2.24) is 15.3 Å². The molecule has 1 aliphatic heterocycles. The number of rotatable bonds is 7. The maximum absolute atomic E-state index is 12.8. The SMILES string of the molecule is COc1ccc(CCNC(=O)[C@@H]2CCCN(c3cnc4ccccc4n3)C2)cc1OC. The molecule has 1 aromatic heterocycles. The van der Waals surface area contributed by atoms with E-state index in [9.17, 15) is 4.79 Å². The molecule has 0 radical (unpaired) electrons. The van der Waals surface area contributed by atoms with Crippen LogP contribution >= 0.6 is 0 Å². The van der Waals surface area contributed by atoms with Crippen LogP contribution in [0.1, 0.15) is 18.4 Å². The molecule has 1 saturated heterocycles. The van der Waals surface area contributed by atoms with Crippen molar-refractivity contribution in [3.8, 4) is 11.5 Å². The second-order valence-corrected chi connectivity index (χ2v) is 7.73. The van der Waals surface area contributed by atoms with E-state index in [1.54, 1.807) is 20.4 Å². The normalized spacial score (nSPS) is 16.2. The second-order valence-electron chi connectivity index (χ2n) is 7.73. The Morgan fingerprint density at radius 3 is 2.74 bits per heavy atom. The quantitative estimate of drug-likeness (QED) is 0.633. The largest absolute Gasteiger partial charge is 0.493 e. The maximum atomic E-state index is 12.8. The van der Waals surface area contributed by atoms with Crippen LogP contribution in [-0.2, 0) is 11.2 Å². The van der Waals surface area contributed by atoms with E-state index >= 15 is 0 Å². The van der Waals surface area contributed by atoms with E-state index in [1.807, 2.05) is 42.5 Å². The lowest BCUT2D eigenvalue weighted by Gasteiger charge is -2.32. The van der Waals surface area contributed by atoms with Crippen LogP contribution in [0.5, 0.6) is 11.5 Å². The Kier molecular flexibility index (Phi) is 6.50. The molecule has 7 heteroatoms. The predicted molar refractivity (Wildman–Crippen MR) is 121 cm³/mol. The van der Waals surface area contributed by atoms with Gasteiger partial charge in [-0.3, -0.25) is 9.78 Å². The summed E-state index contributed by atoms with van der Waals surface area (Å²) in [6, 6.07) is 13.7. The lowest BCUT2D eigenvalue weighted by Crippen LogP contribution is -2.43. The van der Waals surface area contributed by atoms with Crippen LogP contribution in [0, 0.1) is 5.92 Å². The zero-order valence-electron chi connectivity index (χ0n) is 18.0. The molecule has 0 unspecified atom stereocenters. The van der Waals surface area contributed by atoms with E-state index < -0.39 is 0 Å². The highest BCUT2D eigenvalue weighted by Crippen LogP contribution is 2.27. The first-order valence-corrected chi connectivity index (χ1v) is 10.6. The third-order valence-corrected chi connectivity index (χ3v) is 5.71. The van der Waals surface area contributed by atoms with E-state index in [-0.39, 0.29) is 11.8 Å². The Hall–Kier alpha value is -3.35. The number of nitrogens with one attached hydrogen (secondary N) is 1. The fourth-order valence-corrected chi connectivity index (χ4v) is 4.01. The number of ether oxygens (including phenoxy) is 2. The molecule has 1 fully saturated rings. The van der Waals surface area contributed by atoms with Gasteiger partial charge in [0.25, 0.3) is 0 Å². The minimum atomic E-state index is -0.0487. The molecular formula is C24H28N4O3. The number of piperidine rings is 1. The number of para-hydroxylation sites is 2. The van der Waals surface area contributed by atoms with Crippen LogP contribution in [0.3, 0.4) is 0 Å². The zero-order valence-corrected chi connectivity index (χ0v) is 18.0. The summed E-state index contributed by atoms with van der Waals surface area (Å²) < 4.78 is 10.6. The second kappa shape index (κ2) is 9.64. The molecule has 1 atom stereocenters. The number of benzene rings is 2. The van der Waals surface area contributed by atoms with Crippen LogP contribution in [0.4, 0.5) is 5.82 Å². The molecule has 4 rings (SSSR count). The molecule has 0 saturated carbocycles. The summed E-state index contributed by atoms with van der Waals surface area (Å²) in [4.78, 5) is 24.2. The first-order valence-electron chi connectivity index (χ1n) is 10.6. The predicted octanol–water partition coefficient (Wildman–Crippen LogP) is 3.22. The summed E-state index contributed by atoms with van der Waals surface area (Å²) >= 11 is 0. The van der Waals surface area contributed by atoms with Crippen LogP contribution in [-0.4, -0.2) is 49.7 Å². The number of carbonyl (C=O) groups excluding carboxylic acids is 1. The Bertz CT molecular complexity index is 1060. The number of hydrogen-bond donors (Lipinski definition) is 1. The molecule has 2 heterocycles. The van der Waals surface area contributed by atoms with Gasteiger partial charge in [0.1, 0.15) is 5.82 Å². The van der Waals surface area contributed by atoms with Crippen molar-refractivity contribution < 1.29 is 14.3 Å². The highest BCUT2D eigenvalue weighted by Gasteiger charge is 2.26. The van der Waals surface area contributed by atoms with Gasteiger partial charge in [0, 0.05) is 19.6 Å². The molecule has 0 aliphatic carbocycles. The Labute approximate surface area is 182 Å². The van der Waals surface area contributed by atoms with Gasteiger partial charge in [0.15, 0.2) is 11.5 Å².